The molecule has 0 aromatic heterocycles. The number of nitrogens with one attached hydrogen (secondary N) is 1. The third kappa shape index (κ3) is 11.9. The van der Waals surface area contributed by atoms with Crippen molar-refractivity contribution in [3.05, 3.63) is 34.1 Å². The largest absolute Gasteiger partial charge is 0.415 e. The fourth-order valence-electron chi connectivity index (χ4n) is 5.52. The van der Waals surface area contributed by atoms with Crippen LogP contribution in [0.1, 0.15) is 94.9 Å². The van der Waals surface area contributed by atoms with Crippen molar-refractivity contribution in [3.8, 4) is 0 Å². The Labute approximate surface area is 302 Å². The first kappa shape index (κ1) is 44.0. The molecule has 0 spiro atoms. The van der Waals surface area contributed by atoms with E-state index < -0.39 is 35.7 Å². The molecule has 49 heavy (non-hydrogen) atoms. The van der Waals surface area contributed by atoms with Gasteiger partial charge in [-0.25, -0.2) is 4.39 Å². The SMILES string of the molecule is C[C@H]1CN(CCCCCCNc2cc(F)ccc2[N+](=O)[O-])[C@H](CO[Si](C)(C)C(C)(C)C)[C@@H](O[Si](C)(C)C(C)(C)C)[C@@H]1O[Si](C)(C)C(C)(C)C. The lowest BCUT2D eigenvalue weighted by Crippen LogP contribution is -2.66. The first-order chi connectivity index (χ1) is 22.1. The molecule has 12 heteroatoms. The molecule has 8 nitrogen and oxygen atoms in total. The second-order valence-electron chi connectivity index (χ2n) is 19.1. The predicted molar refractivity (Wildman–Crippen MR) is 212 cm³/mol. The number of rotatable bonds is 16. The molecule has 0 amide bonds. The number of piperidine rings is 1. The summed E-state index contributed by atoms with van der Waals surface area (Å²) in [6.45, 7) is 40.3. The topological polar surface area (TPSA) is 86.1 Å². The van der Waals surface area contributed by atoms with Gasteiger partial charge in [-0.2, -0.15) is 0 Å². The van der Waals surface area contributed by atoms with Gasteiger partial charge in [0.25, 0.3) is 5.69 Å². The summed E-state index contributed by atoms with van der Waals surface area (Å²) in [5.74, 6) is -0.178. The highest BCUT2D eigenvalue weighted by atomic mass is 28.4. The average molecular weight is 742 g/mol. The molecule has 1 aliphatic heterocycles. The molecule has 0 saturated carbocycles. The van der Waals surface area contributed by atoms with Gasteiger partial charge in [-0.15, -0.1) is 0 Å². The number of likely N-dealkylation sites (tertiary alicyclic amines) is 1. The first-order valence-electron chi connectivity index (χ1n) is 18.5. The minimum absolute atomic E-state index is 0.00256. The highest BCUT2D eigenvalue weighted by molar-refractivity contribution is 6.75. The van der Waals surface area contributed by atoms with Crippen LogP contribution in [0.4, 0.5) is 15.8 Å². The monoisotopic (exact) mass is 741 g/mol. The normalized spacial score (nSPS) is 22.0. The summed E-state index contributed by atoms with van der Waals surface area (Å²) < 4.78 is 35.6. The highest BCUT2D eigenvalue weighted by Gasteiger charge is 2.52. The molecule has 1 N–H and O–H groups in total. The number of anilines is 1. The number of hydrogen-bond donors (Lipinski definition) is 1. The molecule has 1 fully saturated rings. The van der Waals surface area contributed by atoms with Crippen molar-refractivity contribution in [3.63, 3.8) is 0 Å². The maximum atomic E-state index is 13.7. The van der Waals surface area contributed by atoms with Gasteiger partial charge in [0.15, 0.2) is 25.0 Å². The van der Waals surface area contributed by atoms with Crippen LogP contribution in [0.3, 0.4) is 0 Å². The van der Waals surface area contributed by atoms with Crippen molar-refractivity contribution in [1.82, 2.24) is 4.90 Å². The van der Waals surface area contributed by atoms with E-state index >= 15 is 0 Å². The summed E-state index contributed by atoms with van der Waals surface area (Å²) in [7, 11) is -6.30. The Morgan fingerprint density at radius 1 is 0.837 bits per heavy atom. The molecule has 0 unspecified atom stereocenters. The van der Waals surface area contributed by atoms with Gasteiger partial charge in [-0.1, -0.05) is 82.1 Å². The predicted octanol–water partition coefficient (Wildman–Crippen LogP) is 10.8. The molecule has 2 rings (SSSR count). The third-order valence-corrected chi connectivity index (χ3v) is 25.4. The number of nitrogens with zero attached hydrogens (tertiary/aromatic N) is 2. The fraction of sp³-hybridized carbons (Fsp3) is 0.838. The number of hydrogen-bond acceptors (Lipinski definition) is 7. The summed E-state index contributed by atoms with van der Waals surface area (Å²) in [6, 6.07) is 3.63. The Hall–Kier alpha value is -1.16. The van der Waals surface area contributed by atoms with Gasteiger partial charge in [-0.05, 0) is 85.8 Å². The lowest BCUT2D eigenvalue weighted by Gasteiger charge is -2.54. The number of nitro groups is 1. The van der Waals surface area contributed by atoms with Gasteiger partial charge in [0.05, 0.1) is 29.8 Å². The summed E-state index contributed by atoms with van der Waals surface area (Å²) in [5, 5.41) is 14.7. The van der Waals surface area contributed by atoms with Crippen LogP contribution in [-0.4, -0.2) is 79.3 Å². The summed E-state index contributed by atoms with van der Waals surface area (Å²) >= 11 is 0. The number of benzene rings is 1. The molecular formula is C37H72FN3O5Si3. The molecule has 4 atom stereocenters. The van der Waals surface area contributed by atoms with E-state index in [4.69, 9.17) is 13.3 Å². The second kappa shape index (κ2) is 16.7. The van der Waals surface area contributed by atoms with Crippen LogP contribution in [0.2, 0.25) is 54.4 Å². The molecule has 1 saturated heterocycles. The Bertz CT molecular complexity index is 1230. The van der Waals surface area contributed by atoms with Crippen molar-refractivity contribution in [2.75, 3.05) is 31.6 Å². The Kier molecular flexibility index (Phi) is 15.0. The van der Waals surface area contributed by atoms with Gasteiger partial charge < -0.3 is 18.6 Å². The average Bonchev–Trinajstić information content (AvgIpc) is 2.92. The maximum Gasteiger partial charge on any atom is 0.292 e. The van der Waals surface area contributed by atoms with E-state index in [-0.39, 0.29) is 44.7 Å². The zero-order chi connectivity index (χ0) is 37.8. The standard InChI is InChI=1S/C37H72FN3O5Si3/c1-28-26-40(24-20-18-17-19-23-39-30-25-29(38)21-22-31(30)41(42)43)32(27-44-47(11,12)35(2,3)4)34(46-49(15,16)37(8,9)10)33(28)45-48(13,14)36(5,6)7/h21-22,25,28,32-34,39H,17-20,23-24,26-27H2,1-16H3/t28-,32+,33+,34+/m0/s1. The Balaban J connectivity index is 2.29. The zero-order valence-corrected chi connectivity index (χ0v) is 37.0. The van der Waals surface area contributed by atoms with E-state index in [1.54, 1.807) is 0 Å². The van der Waals surface area contributed by atoms with Gasteiger partial charge in [-0.3, -0.25) is 15.0 Å². The molecule has 0 radical (unpaired) electrons. The number of unbranched alkanes of at least 4 members (excludes halogenated alkanes) is 3. The molecular weight excluding hydrogens is 670 g/mol. The second-order valence-corrected chi connectivity index (χ2v) is 33.4. The smallest absolute Gasteiger partial charge is 0.292 e. The third-order valence-electron chi connectivity index (χ3n) is 12.0. The van der Waals surface area contributed by atoms with Crippen LogP contribution < -0.4 is 5.32 Å². The maximum absolute atomic E-state index is 13.7. The first-order valence-corrected chi connectivity index (χ1v) is 27.3. The lowest BCUT2D eigenvalue weighted by atomic mass is 9.88. The van der Waals surface area contributed by atoms with Crippen LogP contribution in [0, 0.1) is 21.8 Å². The molecule has 1 heterocycles. The van der Waals surface area contributed by atoms with Crippen molar-refractivity contribution in [1.29, 1.82) is 0 Å². The summed E-state index contributed by atoms with van der Waals surface area (Å²) in [4.78, 5) is 13.5. The summed E-state index contributed by atoms with van der Waals surface area (Å²) in [6.07, 6.45) is 3.80. The minimum atomic E-state index is -2.17. The molecule has 1 aromatic carbocycles. The summed E-state index contributed by atoms with van der Waals surface area (Å²) in [5.41, 5.74) is 0.135. The number of nitro benzene ring substituents is 1. The zero-order valence-electron chi connectivity index (χ0n) is 34.0. The molecule has 0 aliphatic carbocycles. The highest BCUT2D eigenvalue weighted by Crippen LogP contribution is 2.44. The van der Waals surface area contributed by atoms with Gasteiger partial charge >= 0.3 is 0 Å². The van der Waals surface area contributed by atoms with Crippen LogP contribution in [0.25, 0.3) is 0 Å². The van der Waals surface area contributed by atoms with Crippen molar-refractivity contribution in [2.24, 2.45) is 5.92 Å². The van der Waals surface area contributed by atoms with Crippen LogP contribution in [0.5, 0.6) is 0 Å². The van der Waals surface area contributed by atoms with Gasteiger partial charge in [0, 0.05) is 25.2 Å². The van der Waals surface area contributed by atoms with E-state index in [2.05, 4.69) is 119 Å². The lowest BCUT2D eigenvalue weighted by molar-refractivity contribution is -0.384. The van der Waals surface area contributed by atoms with Crippen molar-refractivity contribution < 1.29 is 22.6 Å². The van der Waals surface area contributed by atoms with Crippen molar-refractivity contribution >= 4 is 36.3 Å². The van der Waals surface area contributed by atoms with Crippen LogP contribution in [-0.2, 0) is 13.3 Å². The van der Waals surface area contributed by atoms with E-state index in [0.717, 1.165) is 44.8 Å². The van der Waals surface area contributed by atoms with Gasteiger partial charge in [0.1, 0.15) is 11.5 Å². The quantitative estimate of drug-likeness (QED) is 0.0781. The van der Waals surface area contributed by atoms with Gasteiger partial charge in [0.2, 0.25) is 0 Å². The van der Waals surface area contributed by atoms with E-state index in [0.29, 0.717) is 19.1 Å². The molecule has 1 aliphatic rings. The minimum Gasteiger partial charge on any atom is -0.415 e. The van der Waals surface area contributed by atoms with Crippen LogP contribution >= 0.6 is 0 Å². The van der Waals surface area contributed by atoms with Crippen molar-refractivity contribution in [2.45, 2.75) is 168 Å². The number of halogens is 1. The van der Waals surface area contributed by atoms with E-state index in [1.165, 1.54) is 12.1 Å². The van der Waals surface area contributed by atoms with Crippen LogP contribution in [0.15, 0.2) is 18.2 Å². The van der Waals surface area contributed by atoms with E-state index in [1.807, 2.05) is 0 Å². The Morgan fingerprint density at radius 3 is 1.86 bits per heavy atom. The fourth-order valence-corrected chi connectivity index (χ4v) is 9.26. The molecule has 284 valence electrons. The van der Waals surface area contributed by atoms with E-state index in [9.17, 15) is 14.5 Å². The molecule has 0 bridgehead atoms. The Morgan fingerprint density at radius 2 is 1.35 bits per heavy atom. The molecule has 1 aromatic rings.